The van der Waals surface area contributed by atoms with Crippen LogP contribution in [0.4, 0.5) is 0 Å². The number of hydrogen-bond acceptors (Lipinski definition) is 5. The fourth-order valence-corrected chi connectivity index (χ4v) is 2.48. The van der Waals surface area contributed by atoms with E-state index in [1.54, 1.807) is 31.0 Å². The summed E-state index contributed by atoms with van der Waals surface area (Å²) < 4.78 is 7.33. The molecule has 7 heteroatoms. The molecule has 3 aromatic rings. The number of tetrazole rings is 1. The highest BCUT2D eigenvalue weighted by molar-refractivity contribution is 5.80. The first-order valence-corrected chi connectivity index (χ1v) is 7.92. The SMILES string of the molecule is C[C@@H](Oc1cccc(-n2cnnn2)c1)C(=O)N(C)Cc1ccccc1. The van der Waals surface area contributed by atoms with E-state index in [0.29, 0.717) is 12.3 Å². The Labute approximate surface area is 145 Å². The van der Waals surface area contributed by atoms with Gasteiger partial charge in [0.1, 0.15) is 12.1 Å². The number of benzene rings is 2. The van der Waals surface area contributed by atoms with E-state index in [1.165, 1.54) is 11.0 Å². The number of rotatable bonds is 6. The van der Waals surface area contributed by atoms with Gasteiger partial charge in [0.05, 0.1) is 5.69 Å². The second-order valence-electron chi connectivity index (χ2n) is 5.69. The molecule has 25 heavy (non-hydrogen) atoms. The zero-order valence-corrected chi connectivity index (χ0v) is 14.1. The lowest BCUT2D eigenvalue weighted by molar-refractivity contribution is -0.137. The van der Waals surface area contributed by atoms with Crippen LogP contribution in [0.1, 0.15) is 12.5 Å². The van der Waals surface area contributed by atoms with Crippen LogP contribution in [0.15, 0.2) is 60.9 Å². The molecule has 0 saturated carbocycles. The van der Waals surface area contributed by atoms with E-state index in [4.69, 9.17) is 4.74 Å². The molecule has 0 N–H and O–H groups in total. The van der Waals surface area contributed by atoms with Crippen molar-refractivity contribution in [3.8, 4) is 11.4 Å². The number of hydrogen-bond donors (Lipinski definition) is 0. The van der Waals surface area contributed by atoms with Crippen LogP contribution in [0, 0.1) is 0 Å². The number of ether oxygens (including phenoxy) is 1. The van der Waals surface area contributed by atoms with Gasteiger partial charge in [-0.15, -0.1) is 5.10 Å². The first-order valence-electron chi connectivity index (χ1n) is 7.92. The van der Waals surface area contributed by atoms with Gasteiger partial charge in [0.2, 0.25) is 0 Å². The van der Waals surface area contributed by atoms with Crippen molar-refractivity contribution in [3.63, 3.8) is 0 Å². The molecule has 0 fully saturated rings. The molecule has 0 saturated heterocycles. The summed E-state index contributed by atoms with van der Waals surface area (Å²) in [6.07, 6.45) is 0.902. The third-order valence-electron chi connectivity index (χ3n) is 3.73. The second-order valence-corrected chi connectivity index (χ2v) is 5.69. The minimum atomic E-state index is -0.599. The lowest BCUT2D eigenvalue weighted by Crippen LogP contribution is -2.37. The van der Waals surface area contributed by atoms with Crippen LogP contribution < -0.4 is 4.74 Å². The van der Waals surface area contributed by atoms with Crippen LogP contribution in [-0.4, -0.2) is 44.2 Å². The van der Waals surface area contributed by atoms with Crippen LogP contribution in [-0.2, 0) is 11.3 Å². The van der Waals surface area contributed by atoms with Crippen molar-refractivity contribution in [3.05, 3.63) is 66.5 Å². The molecule has 3 rings (SSSR count). The van der Waals surface area contributed by atoms with E-state index >= 15 is 0 Å². The van der Waals surface area contributed by atoms with E-state index < -0.39 is 6.10 Å². The molecule has 1 atom stereocenters. The summed E-state index contributed by atoms with van der Waals surface area (Å²) in [4.78, 5) is 14.2. The maximum atomic E-state index is 12.5. The minimum Gasteiger partial charge on any atom is -0.481 e. The van der Waals surface area contributed by atoms with Crippen molar-refractivity contribution in [2.75, 3.05) is 7.05 Å². The Morgan fingerprint density at radius 2 is 2.00 bits per heavy atom. The summed E-state index contributed by atoms with van der Waals surface area (Å²) in [5.41, 5.74) is 1.84. The first kappa shape index (κ1) is 16.6. The average molecular weight is 337 g/mol. The van der Waals surface area contributed by atoms with Gasteiger partial charge in [0, 0.05) is 19.7 Å². The van der Waals surface area contributed by atoms with Gasteiger partial charge in [-0.2, -0.15) is 0 Å². The number of likely N-dealkylation sites (N-methyl/N-ethyl adjacent to an activating group) is 1. The predicted octanol–water partition coefficient (Wildman–Crippen LogP) is 2.09. The molecular weight excluding hydrogens is 318 g/mol. The molecule has 128 valence electrons. The van der Waals surface area contributed by atoms with E-state index in [-0.39, 0.29) is 5.91 Å². The Kier molecular flexibility index (Phi) is 5.03. The highest BCUT2D eigenvalue weighted by Crippen LogP contribution is 2.18. The van der Waals surface area contributed by atoms with Crippen molar-refractivity contribution in [1.82, 2.24) is 25.1 Å². The van der Waals surface area contributed by atoms with Gasteiger partial charge in [-0.3, -0.25) is 4.79 Å². The average Bonchev–Trinajstić information content (AvgIpc) is 3.17. The zero-order chi connectivity index (χ0) is 17.6. The van der Waals surface area contributed by atoms with Crippen molar-refractivity contribution < 1.29 is 9.53 Å². The molecule has 0 bridgehead atoms. The van der Waals surface area contributed by atoms with Gasteiger partial charge >= 0.3 is 0 Å². The molecule has 7 nitrogen and oxygen atoms in total. The molecule has 1 aromatic heterocycles. The van der Waals surface area contributed by atoms with Gasteiger partial charge in [-0.1, -0.05) is 36.4 Å². The number of carbonyl (C=O) groups is 1. The zero-order valence-electron chi connectivity index (χ0n) is 14.1. The summed E-state index contributed by atoms with van der Waals surface area (Å²) in [6.45, 7) is 2.28. The number of aromatic nitrogens is 4. The second kappa shape index (κ2) is 7.57. The standard InChI is InChI=1S/C18H19N5O2/c1-14(18(24)22(2)12-15-7-4-3-5-8-15)25-17-10-6-9-16(11-17)23-13-19-20-21-23/h3-11,13-14H,12H2,1-2H3/t14-/m1/s1. The molecule has 0 unspecified atom stereocenters. The van der Waals surface area contributed by atoms with Gasteiger partial charge < -0.3 is 9.64 Å². The van der Waals surface area contributed by atoms with Gasteiger partial charge in [-0.25, -0.2) is 4.68 Å². The molecule has 2 aromatic carbocycles. The highest BCUT2D eigenvalue weighted by atomic mass is 16.5. The van der Waals surface area contributed by atoms with E-state index in [1.807, 2.05) is 42.5 Å². The van der Waals surface area contributed by atoms with Gasteiger partial charge in [0.25, 0.3) is 5.91 Å². The Morgan fingerprint density at radius 1 is 1.20 bits per heavy atom. The molecule has 0 radical (unpaired) electrons. The predicted molar refractivity (Wildman–Crippen MR) is 92.2 cm³/mol. The Bertz CT molecular complexity index is 821. The van der Waals surface area contributed by atoms with Crippen molar-refractivity contribution in [2.24, 2.45) is 0 Å². The van der Waals surface area contributed by atoms with E-state index in [0.717, 1.165) is 11.3 Å². The molecular formula is C18H19N5O2. The highest BCUT2D eigenvalue weighted by Gasteiger charge is 2.19. The number of amides is 1. The topological polar surface area (TPSA) is 73.1 Å². The van der Waals surface area contributed by atoms with E-state index in [9.17, 15) is 4.79 Å². The third-order valence-corrected chi connectivity index (χ3v) is 3.73. The quantitative estimate of drug-likeness (QED) is 0.689. The summed E-state index contributed by atoms with van der Waals surface area (Å²) in [7, 11) is 1.77. The largest absolute Gasteiger partial charge is 0.481 e. The molecule has 1 amide bonds. The van der Waals surface area contributed by atoms with Crippen LogP contribution >= 0.6 is 0 Å². The Balaban J connectivity index is 1.64. The van der Waals surface area contributed by atoms with Crippen molar-refractivity contribution in [1.29, 1.82) is 0 Å². The monoisotopic (exact) mass is 337 g/mol. The first-order chi connectivity index (χ1) is 12.1. The smallest absolute Gasteiger partial charge is 0.263 e. The van der Waals surface area contributed by atoms with Crippen LogP contribution in [0.3, 0.4) is 0 Å². The summed E-state index contributed by atoms with van der Waals surface area (Å²) in [5.74, 6) is 0.499. The molecule has 0 aliphatic rings. The fraction of sp³-hybridized carbons (Fsp3) is 0.222. The van der Waals surface area contributed by atoms with Gasteiger partial charge in [0.15, 0.2) is 6.10 Å². The molecule has 0 aliphatic carbocycles. The summed E-state index contributed by atoms with van der Waals surface area (Å²) in [5, 5.41) is 11.1. The maximum absolute atomic E-state index is 12.5. The summed E-state index contributed by atoms with van der Waals surface area (Å²) >= 11 is 0. The molecule has 0 aliphatic heterocycles. The van der Waals surface area contributed by atoms with Crippen LogP contribution in [0.25, 0.3) is 5.69 Å². The lowest BCUT2D eigenvalue weighted by Gasteiger charge is -2.22. The fourth-order valence-electron chi connectivity index (χ4n) is 2.48. The van der Waals surface area contributed by atoms with Crippen molar-refractivity contribution in [2.45, 2.75) is 19.6 Å². The number of carbonyl (C=O) groups excluding carboxylic acids is 1. The maximum Gasteiger partial charge on any atom is 0.263 e. The van der Waals surface area contributed by atoms with Crippen LogP contribution in [0.5, 0.6) is 5.75 Å². The lowest BCUT2D eigenvalue weighted by atomic mass is 10.2. The van der Waals surface area contributed by atoms with E-state index in [2.05, 4.69) is 15.5 Å². The molecule has 0 spiro atoms. The Hall–Kier alpha value is -3.22. The van der Waals surface area contributed by atoms with Crippen molar-refractivity contribution >= 4 is 5.91 Å². The minimum absolute atomic E-state index is 0.0864. The molecule has 1 heterocycles. The number of nitrogens with zero attached hydrogens (tertiary/aromatic N) is 5. The van der Waals surface area contributed by atoms with Crippen LogP contribution in [0.2, 0.25) is 0 Å². The Morgan fingerprint density at radius 3 is 2.72 bits per heavy atom. The third kappa shape index (κ3) is 4.20. The summed E-state index contributed by atoms with van der Waals surface area (Å²) in [6, 6.07) is 17.1. The van der Waals surface area contributed by atoms with Gasteiger partial charge in [-0.05, 0) is 35.0 Å². The normalized spacial score (nSPS) is 11.8.